The number of furan rings is 1. The fourth-order valence-electron chi connectivity index (χ4n) is 2.47. The summed E-state index contributed by atoms with van der Waals surface area (Å²) >= 11 is 0. The highest BCUT2D eigenvalue weighted by atomic mass is 16.5. The van der Waals surface area contributed by atoms with Crippen LogP contribution >= 0.6 is 0 Å². The standard InChI is InChI=1S/C19H15N3O4/c23-19(15-5-3-14(4-6-15)11-22-8-7-20-13-22)25-12-16-10-18(26-21-16)17-2-1-9-24-17/h1-10,13H,11-12H2. The van der Waals surface area contributed by atoms with Gasteiger partial charge in [-0.3, -0.25) is 0 Å². The first-order valence-electron chi connectivity index (χ1n) is 7.99. The molecular weight excluding hydrogens is 334 g/mol. The Balaban J connectivity index is 1.34. The summed E-state index contributed by atoms with van der Waals surface area (Å²) in [5.74, 6) is 0.648. The Morgan fingerprint density at radius 1 is 1.15 bits per heavy atom. The van der Waals surface area contributed by atoms with Crippen molar-refractivity contribution in [3.8, 4) is 11.5 Å². The van der Waals surface area contributed by atoms with Crippen LogP contribution in [0.25, 0.3) is 11.5 Å². The van der Waals surface area contributed by atoms with E-state index in [1.807, 2.05) is 22.9 Å². The summed E-state index contributed by atoms with van der Waals surface area (Å²) in [6, 6.07) is 12.5. The highest BCUT2D eigenvalue weighted by Crippen LogP contribution is 2.21. The zero-order valence-electron chi connectivity index (χ0n) is 13.7. The monoisotopic (exact) mass is 349 g/mol. The lowest BCUT2D eigenvalue weighted by Gasteiger charge is -2.05. The van der Waals surface area contributed by atoms with Crippen molar-refractivity contribution in [1.29, 1.82) is 0 Å². The number of carbonyl (C=O) groups excluding carboxylic acids is 1. The second-order valence-electron chi connectivity index (χ2n) is 5.67. The van der Waals surface area contributed by atoms with Crippen molar-refractivity contribution in [1.82, 2.24) is 14.7 Å². The molecular formula is C19H15N3O4. The van der Waals surface area contributed by atoms with E-state index in [0.717, 1.165) is 5.56 Å². The summed E-state index contributed by atoms with van der Waals surface area (Å²) in [7, 11) is 0. The fourth-order valence-corrected chi connectivity index (χ4v) is 2.47. The lowest BCUT2D eigenvalue weighted by atomic mass is 10.1. The molecule has 1 aromatic carbocycles. The number of benzene rings is 1. The zero-order valence-corrected chi connectivity index (χ0v) is 13.7. The molecule has 0 bridgehead atoms. The Labute approximate surface area is 148 Å². The molecule has 130 valence electrons. The molecule has 7 nitrogen and oxygen atoms in total. The quantitative estimate of drug-likeness (QED) is 0.495. The number of aromatic nitrogens is 3. The number of carbonyl (C=O) groups is 1. The number of hydrogen-bond donors (Lipinski definition) is 0. The molecule has 0 radical (unpaired) electrons. The van der Waals surface area contributed by atoms with E-state index in [1.54, 1.807) is 49.1 Å². The minimum absolute atomic E-state index is 0.0276. The predicted molar refractivity (Wildman–Crippen MR) is 91.1 cm³/mol. The molecule has 3 heterocycles. The first-order valence-corrected chi connectivity index (χ1v) is 7.99. The van der Waals surface area contributed by atoms with Crippen LogP contribution in [0.2, 0.25) is 0 Å². The van der Waals surface area contributed by atoms with E-state index in [9.17, 15) is 4.79 Å². The third kappa shape index (κ3) is 3.56. The molecule has 0 N–H and O–H groups in total. The highest BCUT2D eigenvalue weighted by molar-refractivity contribution is 5.89. The van der Waals surface area contributed by atoms with Gasteiger partial charge in [0, 0.05) is 25.0 Å². The number of hydrogen-bond acceptors (Lipinski definition) is 6. The average molecular weight is 349 g/mol. The van der Waals surface area contributed by atoms with Crippen molar-refractivity contribution in [2.24, 2.45) is 0 Å². The summed E-state index contributed by atoms with van der Waals surface area (Å²) < 4.78 is 17.6. The van der Waals surface area contributed by atoms with Crippen molar-refractivity contribution < 1.29 is 18.5 Å². The van der Waals surface area contributed by atoms with E-state index < -0.39 is 5.97 Å². The van der Waals surface area contributed by atoms with Crippen molar-refractivity contribution >= 4 is 5.97 Å². The van der Waals surface area contributed by atoms with E-state index in [4.69, 9.17) is 13.7 Å². The third-order valence-electron chi connectivity index (χ3n) is 3.79. The predicted octanol–water partition coefficient (Wildman–Crippen LogP) is 3.54. The number of rotatable bonds is 6. The highest BCUT2D eigenvalue weighted by Gasteiger charge is 2.12. The van der Waals surface area contributed by atoms with Crippen molar-refractivity contribution in [2.45, 2.75) is 13.2 Å². The van der Waals surface area contributed by atoms with Gasteiger partial charge in [0.15, 0.2) is 5.76 Å². The Kier molecular flexibility index (Phi) is 4.34. The second-order valence-corrected chi connectivity index (χ2v) is 5.67. The maximum Gasteiger partial charge on any atom is 0.338 e. The average Bonchev–Trinajstić information content (AvgIpc) is 3.41. The normalized spacial score (nSPS) is 10.8. The van der Waals surface area contributed by atoms with Gasteiger partial charge in [-0.1, -0.05) is 17.3 Å². The molecule has 4 aromatic rings. The summed E-state index contributed by atoms with van der Waals surface area (Å²) in [5, 5.41) is 3.87. The first kappa shape index (κ1) is 15.9. The van der Waals surface area contributed by atoms with Crippen LogP contribution in [0.1, 0.15) is 21.6 Å². The van der Waals surface area contributed by atoms with Crippen LogP contribution in [0.3, 0.4) is 0 Å². The number of ether oxygens (including phenoxy) is 1. The van der Waals surface area contributed by atoms with Gasteiger partial charge in [-0.2, -0.15) is 0 Å². The molecule has 0 amide bonds. The Morgan fingerprint density at radius 3 is 2.77 bits per heavy atom. The van der Waals surface area contributed by atoms with Crippen molar-refractivity contribution in [3.05, 3.63) is 84.3 Å². The summed E-state index contributed by atoms with van der Waals surface area (Å²) in [5.41, 5.74) is 2.06. The third-order valence-corrected chi connectivity index (χ3v) is 3.79. The number of esters is 1. The first-order chi connectivity index (χ1) is 12.8. The van der Waals surface area contributed by atoms with Crippen LogP contribution in [0.15, 0.2) is 76.4 Å². The van der Waals surface area contributed by atoms with Gasteiger partial charge in [0.25, 0.3) is 0 Å². The molecule has 0 saturated heterocycles. The lowest BCUT2D eigenvalue weighted by Crippen LogP contribution is -2.06. The van der Waals surface area contributed by atoms with Crippen LogP contribution in [0, 0.1) is 0 Å². The Bertz CT molecular complexity index is 970. The second kappa shape index (κ2) is 7.10. The maximum atomic E-state index is 12.2. The molecule has 0 aliphatic rings. The van der Waals surface area contributed by atoms with Gasteiger partial charge in [0.2, 0.25) is 5.76 Å². The molecule has 7 heteroatoms. The number of imidazole rings is 1. The van der Waals surface area contributed by atoms with Gasteiger partial charge in [0.1, 0.15) is 12.3 Å². The summed E-state index contributed by atoms with van der Waals surface area (Å²) in [4.78, 5) is 16.2. The fraction of sp³-hybridized carbons (Fsp3) is 0.105. The van der Waals surface area contributed by atoms with Gasteiger partial charge in [0.05, 0.1) is 18.2 Å². The zero-order chi connectivity index (χ0) is 17.8. The van der Waals surface area contributed by atoms with Gasteiger partial charge >= 0.3 is 5.97 Å². The molecule has 26 heavy (non-hydrogen) atoms. The van der Waals surface area contributed by atoms with Crippen LogP contribution in [-0.4, -0.2) is 20.7 Å². The molecule has 0 aliphatic carbocycles. The molecule has 0 saturated carbocycles. The summed E-state index contributed by atoms with van der Waals surface area (Å²) in [6.07, 6.45) is 6.91. The molecule has 4 rings (SSSR count). The van der Waals surface area contributed by atoms with Gasteiger partial charge in [-0.25, -0.2) is 9.78 Å². The Morgan fingerprint density at radius 2 is 2.04 bits per heavy atom. The summed E-state index contributed by atoms with van der Waals surface area (Å²) in [6.45, 7) is 0.726. The maximum absolute atomic E-state index is 12.2. The van der Waals surface area contributed by atoms with Gasteiger partial charge in [-0.15, -0.1) is 0 Å². The smallest absolute Gasteiger partial charge is 0.338 e. The van der Waals surface area contributed by atoms with Crippen LogP contribution in [-0.2, 0) is 17.9 Å². The molecule has 0 spiro atoms. The van der Waals surface area contributed by atoms with E-state index in [1.165, 1.54) is 0 Å². The van der Waals surface area contributed by atoms with E-state index >= 15 is 0 Å². The van der Waals surface area contributed by atoms with Gasteiger partial charge < -0.3 is 18.2 Å². The Hall–Kier alpha value is -3.61. The number of nitrogens with zero attached hydrogens (tertiary/aromatic N) is 3. The van der Waals surface area contributed by atoms with E-state index in [0.29, 0.717) is 29.3 Å². The molecule has 0 aliphatic heterocycles. The molecule has 3 aromatic heterocycles. The molecule has 0 atom stereocenters. The van der Waals surface area contributed by atoms with Crippen molar-refractivity contribution in [3.63, 3.8) is 0 Å². The van der Waals surface area contributed by atoms with E-state index in [2.05, 4.69) is 10.1 Å². The lowest BCUT2D eigenvalue weighted by molar-refractivity contribution is 0.0464. The minimum Gasteiger partial charge on any atom is -0.461 e. The minimum atomic E-state index is -0.415. The molecule has 0 unspecified atom stereocenters. The largest absolute Gasteiger partial charge is 0.461 e. The van der Waals surface area contributed by atoms with Crippen molar-refractivity contribution in [2.75, 3.05) is 0 Å². The topological polar surface area (TPSA) is 83.3 Å². The van der Waals surface area contributed by atoms with Crippen LogP contribution in [0.5, 0.6) is 0 Å². The van der Waals surface area contributed by atoms with Crippen LogP contribution < -0.4 is 0 Å². The SMILES string of the molecule is O=C(OCc1cc(-c2ccco2)on1)c1ccc(Cn2ccnc2)cc1. The van der Waals surface area contributed by atoms with Gasteiger partial charge in [-0.05, 0) is 29.8 Å². The van der Waals surface area contributed by atoms with Crippen LogP contribution in [0.4, 0.5) is 0 Å². The van der Waals surface area contributed by atoms with E-state index in [-0.39, 0.29) is 6.61 Å². The molecule has 0 fully saturated rings.